The molecule has 2 rings (SSSR count). The minimum absolute atomic E-state index is 0.265. The van der Waals surface area contributed by atoms with Gasteiger partial charge in [-0.15, -0.1) is 0 Å². The lowest BCUT2D eigenvalue weighted by molar-refractivity contribution is -0.124. The van der Waals surface area contributed by atoms with Crippen LogP contribution in [-0.2, 0) is 20.8 Å². The van der Waals surface area contributed by atoms with E-state index in [1.165, 1.54) is 7.11 Å². The topological polar surface area (TPSA) is 81.7 Å². The van der Waals surface area contributed by atoms with Crippen molar-refractivity contribution in [2.45, 2.75) is 26.3 Å². The summed E-state index contributed by atoms with van der Waals surface area (Å²) in [6.45, 7) is 4.05. The number of ether oxygens (including phenoxy) is 2. The molecular formula is C21H23NO5. The van der Waals surface area contributed by atoms with Crippen LogP contribution in [-0.4, -0.2) is 31.6 Å². The quantitative estimate of drug-likeness (QED) is 0.759. The van der Waals surface area contributed by atoms with Crippen molar-refractivity contribution in [3.63, 3.8) is 0 Å². The first kappa shape index (κ1) is 20.2. The summed E-state index contributed by atoms with van der Waals surface area (Å²) in [5.41, 5.74) is 2.78. The van der Waals surface area contributed by atoms with Gasteiger partial charge in [0, 0.05) is 6.54 Å². The molecule has 0 radical (unpaired) electrons. The molecule has 0 aliphatic rings. The lowest BCUT2D eigenvalue weighted by Crippen LogP contribution is -2.28. The van der Waals surface area contributed by atoms with Crippen molar-refractivity contribution in [1.82, 2.24) is 5.32 Å². The van der Waals surface area contributed by atoms with Crippen molar-refractivity contribution in [3.8, 4) is 0 Å². The number of carbonyl (C=O) groups is 3. The summed E-state index contributed by atoms with van der Waals surface area (Å²) in [7, 11) is 1.32. The monoisotopic (exact) mass is 369 g/mol. The zero-order valence-electron chi connectivity index (χ0n) is 15.7. The maximum Gasteiger partial charge on any atom is 0.338 e. The average Bonchev–Trinajstić information content (AvgIpc) is 2.70. The molecule has 142 valence electrons. The van der Waals surface area contributed by atoms with Crippen LogP contribution in [0.1, 0.15) is 51.6 Å². The molecule has 6 nitrogen and oxygen atoms in total. The Balaban J connectivity index is 1.78. The van der Waals surface area contributed by atoms with Gasteiger partial charge in [-0.3, -0.25) is 4.79 Å². The molecule has 2 aromatic rings. The Morgan fingerprint density at radius 1 is 0.889 bits per heavy atom. The molecule has 0 fully saturated rings. The number of rotatable bonds is 7. The highest BCUT2D eigenvalue weighted by Gasteiger charge is 2.11. The largest absolute Gasteiger partial charge is 0.465 e. The second kappa shape index (κ2) is 9.52. The van der Waals surface area contributed by atoms with Gasteiger partial charge in [0.15, 0.2) is 6.61 Å². The number of benzene rings is 2. The molecule has 0 saturated carbocycles. The Labute approximate surface area is 158 Å². The molecule has 0 unspecified atom stereocenters. The van der Waals surface area contributed by atoms with Gasteiger partial charge in [-0.1, -0.05) is 38.1 Å². The van der Waals surface area contributed by atoms with E-state index < -0.39 is 17.8 Å². The predicted octanol–water partition coefficient (Wildman–Crippen LogP) is 3.07. The predicted molar refractivity (Wildman–Crippen MR) is 100 cm³/mol. The zero-order chi connectivity index (χ0) is 19.8. The third kappa shape index (κ3) is 5.95. The van der Waals surface area contributed by atoms with E-state index >= 15 is 0 Å². The van der Waals surface area contributed by atoms with E-state index in [1.807, 2.05) is 12.1 Å². The molecule has 0 aliphatic heterocycles. The Bertz CT molecular complexity index is 794. The van der Waals surface area contributed by atoms with E-state index in [-0.39, 0.29) is 13.2 Å². The maximum atomic E-state index is 12.0. The normalized spacial score (nSPS) is 10.4. The number of hydrogen-bond acceptors (Lipinski definition) is 5. The van der Waals surface area contributed by atoms with Crippen LogP contribution in [0.15, 0.2) is 48.5 Å². The van der Waals surface area contributed by atoms with Gasteiger partial charge < -0.3 is 14.8 Å². The lowest BCUT2D eigenvalue weighted by Gasteiger charge is -2.08. The lowest BCUT2D eigenvalue weighted by atomic mass is 10.0. The molecule has 0 aromatic heterocycles. The van der Waals surface area contributed by atoms with Crippen molar-refractivity contribution in [2.24, 2.45) is 0 Å². The van der Waals surface area contributed by atoms with Gasteiger partial charge in [0.2, 0.25) is 0 Å². The first-order chi connectivity index (χ1) is 12.9. The molecule has 27 heavy (non-hydrogen) atoms. The Morgan fingerprint density at radius 2 is 1.44 bits per heavy atom. The first-order valence-electron chi connectivity index (χ1n) is 8.61. The molecule has 1 amide bonds. The second-order valence-corrected chi connectivity index (χ2v) is 6.32. The van der Waals surface area contributed by atoms with E-state index in [0.717, 1.165) is 11.1 Å². The number of amides is 1. The maximum absolute atomic E-state index is 12.0. The molecule has 1 N–H and O–H groups in total. The fourth-order valence-corrected chi connectivity index (χ4v) is 2.35. The van der Waals surface area contributed by atoms with E-state index in [4.69, 9.17) is 4.74 Å². The third-order valence-electron chi connectivity index (χ3n) is 4.01. The highest BCUT2D eigenvalue weighted by atomic mass is 16.5. The van der Waals surface area contributed by atoms with E-state index in [9.17, 15) is 14.4 Å². The van der Waals surface area contributed by atoms with Gasteiger partial charge in [-0.25, -0.2) is 9.59 Å². The molecule has 0 aliphatic carbocycles. The number of carbonyl (C=O) groups excluding carboxylic acids is 3. The van der Waals surface area contributed by atoms with Crippen LogP contribution in [0, 0.1) is 0 Å². The Morgan fingerprint density at radius 3 is 2.00 bits per heavy atom. The second-order valence-electron chi connectivity index (χ2n) is 6.32. The van der Waals surface area contributed by atoms with Gasteiger partial charge in [0.1, 0.15) is 0 Å². The molecule has 0 saturated heterocycles. The van der Waals surface area contributed by atoms with Gasteiger partial charge in [0.25, 0.3) is 5.91 Å². The van der Waals surface area contributed by atoms with Gasteiger partial charge in [0.05, 0.1) is 18.2 Å². The Hall–Kier alpha value is -3.15. The highest BCUT2D eigenvalue weighted by Crippen LogP contribution is 2.15. The molecular weight excluding hydrogens is 346 g/mol. The summed E-state index contributed by atoms with van der Waals surface area (Å²) in [5.74, 6) is -0.983. The van der Waals surface area contributed by atoms with Crippen LogP contribution < -0.4 is 5.32 Å². The summed E-state index contributed by atoms with van der Waals surface area (Å²) < 4.78 is 9.66. The van der Waals surface area contributed by atoms with E-state index in [1.54, 1.807) is 36.4 Å². The first-order valence-corrected chi connectivity index (χ1v) is 8.61. The van der Waals surface area contributed by atoms with Crippen LogP contribution in [0.5, 0.6) is 0 Å². The standard InChI is InChI=1S/C21H23NO5/c1-14(2)16-8-10-18(11-9-16)21(25)27-13-19(23)22-12-15-4-6-17(7-5-15)20(24)26-3/h4-11,14H,12-13H2,1-3H3,(H,22,23). The van der Waals surface area contributed by atoms with Gasteiger partial charge >= 0.3 is 11.9 Å². The van der Waals surface area contributed by atoms with Crippen LogP contribution in [0.3, 0.4) is 0 Å². The van der Waals surface area contributed by atoms with Crippen LogP contribution >= 0.6 is 0 Å². The van der Waals surface area contributed by atoms with E-state index in [2.05, 4.69) is 23.9 Å². The summed E-state index contributed by atoms with van der Waals surface area (Å²) in [6, 6.07) is 13.8. The zero-order valence-corrected chi connectivity index (χ0v) is 15.7. The number of esters is 2. The van der Waals surface area contributed by atoms with Gasteiger partial charge in [-0.2, -0.15) is 0 Å². The SMILES string of the molecule is COC(=O)c1ccc(CNC(=O)COC(=O)c2ccc(C(C)C)cc2)cc1. The van der Waals surface area contributed by atoms with Crippen molar-refractivity contribution in [1.29, 1.82) is 0 Å². The fraction of sp³-hybridized carbons (Fsp3) is 0.286. The molecule has 0 atom stereocenters. The minimum Gasteiger partial charge on any atom is -0.465 e. The fourth-order valence-electron chi connectivity index (χ4n) is 2.35. The van der Waals surface area contributed by atoms with Crippen molar-refractivity contribution >= 4 is 17.8 Å². The third-order valence-corrected chi connectivity index (χ3v) is 4.01. The Kier molecular flexibility index (Phi) is 7.11. The number of nitrogens with one attached hydrogen (secondary N) is 1. The molecule has 0 heterocycles. The van der Waals surface area contributed by atoms with E-state index in [0.29, 0.717) is 17.0 Å². The highest BCUT2D eigenvalue weighted by molar-refractivity contribution is 5.91. The molecule has 0 spiro atoms. The summed E-state index contributed by atoms with van der Waals surface area (Å²) in [6.07, 6.45) is 0. The number of hydrogen-bond donors (Lipinski definition) is 1. The van der Waals surface area contributed by atoms with Crippen molar-refractivity contribution < 1.29 is 23.9 Å². The molecule has 0 bridgehead atoms. The minimum atomic E-state index is -0.539. The molecule has 6 heteroatoms. The van der Waals surface area contributed by atoms with Gasteiger partial charge in [-0.05, 0) is 41.3 Å². The van der Waals surface area contributed by atoms with Crippen LogP contribution in [0.4, 0.5) is 0 Å². The smallest absolute Gasteiger partial charge is 0.338 e. The molecule has 2 aromatic carbocycles. The van der Waals surface area contributed by atoms with Crippen molar-refractivity contribution in [2.75, 3.05) is 13.7 Å². The summed E-state index contributed by atoms with van der Waals surface area (Å²) in [4.78, 5) is 35.2. The van der Waals surface area contributed by atoms with Crippen LogP contribution in [0.25, 0.3) is 0 Å². The average molecular weight is 369 g/mol. The number of methoxy groups -OCH3 is 1. The van der Waals surface area contributed by atoms with Crippen molar-refractivity contribution in [3.05, 3.63) is 70.8 Å². The van der Waals surface area contributed by atoms with Crippen LogP contribution in [0.2, 0.25) is 0 Å². The summed E-state index contributed by atoms with van der Waals surface area (Å²) >= 11 is 0. The summed E-state index contributed by atoms with van der Waals surface area (Å²) in [5, 5.41) is 2.66.